The van der Waals surface area contributed by atoms with Crippen LogP contribution in [0, 0.1) is 13.8 Å². The molecule has 144 valence electrons. The summed E-state index contributed by atoms with van der Waals surface area (Å²) in [5.41, 5.74) is 2.10. The van der Waals surface area contributed by atoms with Crippen molar-refractivity contribution in [3.63, 3.8) is 0 Å². The van der Waals surface area contributed by atoms with E-state index in [-0.39, 0.29) is 10.8 Å². The Hall–Kier alpha value is -2.22. The van der Waals surface area contributed by atoms with Gasteiger partial charge in [0.2, 0.25) is 15.9 Å². The molecule has 6 nitrogen and oxygen atoms in total. The van der Waals surface area contributed by atoms with Gasteiger partial charge in [0.25, 0.3) is 0 Å². The first-order valence-electron chi connectivity index (χ1n) is 8.89. The predicted octanol–water partition coefficient (Wildman–Crippen LogP) is 2.18. The molecular formula is C20H24N2O4S. The van der Waals surface area contributed by atoms with Crippen molar-refractivity contribution < 1.29 is 17.9 Å². The van der Waals surface area contributed by atoms with Crippen LogP contribution < -0.4 is 4.72 Å². The number of aryl methyl sites for hydroxylation is 2. The third-order valence-electron chi connectivity index (χ3n) is 4.61. The van der Waals surface area contributed by atoms with E-state index in [9.17, 15) is 13.2 Å². The number of nitrogens with one attached hydrogen (secondary N) is 1. The number of carbonyl (C=O) groups is 1. The molecule has 2 aromatic rings. The fourth-order valence-corrected chi connectivity index (χ4v) is 4.60. The largest absolute Gasteiger partial charge is 0.378 e. The number of carbonyl (C=O) groups excluding carboxylic acids is 1. The van der Waals surface area contributed by atoms with Crippen LogP contribution in [0.2, 0.25) is 0 Å². The molecule has 1 atom stereocenters. The highest BCUT2D eigenvalue weighted by Crippen LogP contribution is 2.23. The number of hydrogen-bond acceptors (Lipinski definition) is 4. The Morgan fingerprint density at radius 1 is 1.07 bits per heavy atom. The Morgan fingerprint density at radius 3 is 2.41 bits per heavy atom. The minimum absolute atomic E-state index is 0.193. The third-order valence-corrected chi connectivity index (χ3v) is 6.17. The Morgan fingerprint density at radius 2 is 1.74 bits per heavy atom. The van der Waals surface area contributed by atoms with Crippen LogP contribution in [0.1, 0.15) is 22.7 Å². The topological polar surface area (TPSA) is 75.7 Å². The van der Waals surface area contributed by atoms with Gasteiger partial charge >= 0.3 is 0 Å². The minimum Gasteiger partial charge on any atom is -0.378 e. The van der Waals surface area contributed by atoms with Crippen LogP contribution >= 0.6 is 0 Å². The zero-order valence-electron chi connectivity index (χ0n) is 15.5. The van der Waals surface area contributed by atoms with Gasteiger partial charge in [-0.1, -0.05) is 42.5 Å². The second-order valence-corrected chi connectivity index (χ2v) is 8.35. The van der Waals surface area contributed by atoms with Crippen molar-refractivity contribution in [3.8, 4) is 0 Å². The number of hydrogen-bond donors (Lipinski definition) is 1. The summed E-state index contributed by atoms with van der Waals surface area (Å²) in [4.78, 5) is 14.9. The zero-order chi connectivity index (χ0) is 19.4. The molecule has 1 amide bonds. The normalized spacial score (nSPS) is 16.1. The van der Waals surface area contributed by atoms with E-state index in [1.54, 1.807) is 48.2 Å². The van der Waals surface area contributed by atoms with Gasteiger partial charge in [-0.25, -0.2) is 8.42 Å². The molecule has 0 saturated carbocycles. The highest BCUT2D eigenvalue weighted by molar-refractivity contribution is 7.89. The van der Waals surface area contributed by atoms with E-state index < -0.39 is 16.1 Å². The molecule has 7 heteroatoms. The second-order valence-electron chi connectivity index (χ2n) is 6.67. The molecule has 1 N–H and O–H groups in total. The summed E-state index contributed by atoms with van der Waals surface area (Å²) in [5, 5.41) is 0. The van der Waals surface area contributed by atoms with Crippen LogP contribution in [-0.2, 0) is 19.6 Å². The first kappa shape index (κ1) is 19.5. The van der Waals surface area contributed by atoms with Crippen molar-refractivity contribution in [3.05, 3.63) is 65.2 Å². The number of nitrogens with zero attached hydrogens (tertiary/aromatic N) is 1. The Balaban J connectivity index is 1.95. The van der Waals surface area contributed by atoms with E-state index in [1.807, 2.05) is 19.1 Å². The predicted molar refractivity (Wildman–Crippen MR) is 103 cm³/mol. The van der Waals surface area contributed by atoms with Gasteiger partial charge in [0.1, 0.15) is 6.04 Å². The SMILES string of the molecule is Cc1ccc(C)c(S(=O)(=O)N[C@H](C(=O)N2CCOCC2)c2ccccc2)c1. The number of benzene rings is 2. The fraction of sp³-hybridized carbons (Fsp3) is 0.350. The maximum Gasteiger partial charge on any atom is 0.245 e. The van der Waals surface area contributed by atoms with Gasteiger partial charge in [-0.2, -0.15) is 4.72 Å². The van der Waals surface area contributed by atoms with Gasteiger partial charge in [-0.3, -0.25) is 4.79 Å². The first-order valence-corrected chi connectivity index (χ1v) is 10.4. The second kappa shape index (κ2) is 8.21. The van der Waals surface area contributed by atoms with Crippen LogP contribution in [0.4, 0.5) is 0 Å². The summed E-state index contributed by atoms with van der Waals surface area (Å²) in [5.74, 6) is -0.265. The molecule has 0 spiro atoms. The lowest BCUT2D eigenvalue weighted by Crippen LogP contribution is -2.47. The van der Waals surface area contributed by atoms with Crippen molar-refractivity contribution in [1.29, 1.82) is 0 Å². The van der Waals surface area contributed by atoms with Gasteiger partial charge in [-0.15, -0.1) is 0 Å². The minimum atomic E-state index is -3.87. The molecule has 1 heterocycles. The molecule has 0 aromatic heterocycles. The quantitative estimate of drug-likeness (QED) is 0.852. The monoisotopic (exact) mass is 388 g/mol. The van der Waals surface area contributed by atoms with E-state index >= 15 is 0 Å². The summed E-state index contributed by atoms with van der Waals surface area (Å²) < 4.78 is 34.1. The highest BCUT2D eigenvalue weighted by atomic mass is 32.2. The van der Waals surface area contributed by atoms with Crippen LogP contribution in [0.25, 0.3) is 0 Å². The molecule has 0 aliphatic carbocycles. The summed E-state index contributed by atoms with van der Waals surface area (Å²) in [6.45, 7) is 5.40. The number of rotatable bonds is 5. The molecule has 1 fully saturated rings. The molecule has 2 aromatic carbocycles. The smallest absolute Gasteiger partial charge is 0.245 e. The third kappa shape index (κ3) is 4.55. The number of sulfonamides is 1. The molecule has 0 unspecified atom stereocenters. The van der Waals surface area contributed by atoms with Crippen molar-refractivity contribution in [2.75, 3.05) is 26.3 Å². The summed E-state index contributed by atoms with van der Waals surface area (Å²) in [7, 11) is -3.87. The van der Waals surface area contributed by atoms with E-state index in [2.05, 4.69) is 4.72 Å². The van der Waals surface area contributed by atoms with E-state index in [4.69, 9.17) is 4.74 Å². The van der Waals surface area contributed by atoms with Crippen LogP contribution in [0.5, 0.6) is 0 Å². The average Bonchev–Trinajstić information content (AvgIpc) is 2.69. The lowest BCUT2D eigenvalue weighted by atomic mass is 10.1. The number of morpholine rings is 1. The van der Waals surface area contributed by atoms with Crippen molar-refractivity contribution >= 4 is 15.9 Å². The van der Waals surface area contributed by atoms with Gasteiger partial charge in [-0.05, 0) is 36.6 Å². The number of ether oxygens (including phenoxy) is 1. The standard InChI is InChI=1S/C20H24N2O4S/c1-15-8-9-16(2)18(14-15)27(24,25)21-19(17-6-4-3-5-7-17)20(23)22-10-12-26-13-11-22/h3-9,14,19,21H,10-13H2,1-2H3/t19-/m0/s1. The van der Waals surface area contributed by atoms with E-state index in [0.29, 0.717) is 37.4 Å². The van der Waals surface area contributed by atoms with Gasteiger partial charge in [0.05, 0.1) is 18.1 Å². The average molecular weight is 388 g/mol. The van der Waals surface area contributed by atoms with Crippen molar-refractivity contribution in [1.82, 2.24) is 9.62 Å². The van der Waals surface area contributed by atoms with Crippen LogP contribution in [0.15, 0.2) is 53.4 Å². The Bertz CT molecular complexity index is 907. The molecule has 1 aliphatic heterocycles. The molecule has 3 rings (SSSR count). The molecule has 1 aliphatic rings. The van der Waals surface area contributed by atoms with Crippen molar-refractivity contribution in [2.24, 2.45) is 0 Å². The lowest BCUT2D eigenvalue weighted by Gasteiger charge is -2.31. The Kier molecular flexibility index (Phi) is 5.94. The summed E-state index contributed by atoms with van der Waals surface area (Å²) in [6, 6.07) is 13.2. The van der Waals surface area contributed by atoms with Gasteiger partial charge < -0.3 is 9.64 Å². The summed E-state index contributed by atoms with van der Waals surface area (Å²) in [6.07, 6.45) is 0. The molecule has 1 saturated heterocycles. The number of amides is 1. The fourth-order valence-electron chi connectivity index (χ4n) is 3.09. The van der Waals surface area contributed by atoms with Crippen LogP contribution in [0.3, 0.4) is 0 Å². The Labute approximate surface area is 160 Å². The maximum atomic E-state index is 13.1. The van der Waals surface area contributed by atoms with Crippen LogP contribution in [-0.4, -0.2) is 45.5 Å². The lowest BCUT2D eigenvalue weighted by molar-refractivity contribution is -0.137. The van der Waals surface area contributed by atoms with Crippen molar-refractivity contribution in [2.45, 2.75) is 24.8 Å². The highest BCUT2D eigenvalue weighted by Gasteiger charge is 2.32. The first-order chi connectivity index (χ1) is 12.9. The maximum absolute atomic E-state index is 13.1. The zero-order valence-corrected chi connectivity index (χ0v) is 16.3. The van der Waals surface area contributed by atoms with E-state index in [1.165, 1.54) is 0 Å². The molecule has 0 bridgehead atoms. The van der Waals surface area contributed by atoms with Gasteiger partial charge in [0.15, 0.2) is 0 Å². The van der Waals surface area contributed by atoms with E-state index in [0.717, 1.165) is 5.56 Å². The van der Waals surface area contributed by atoms with Gasteiger partial charge in [0, 0.05) is 13.1 Å². The molecule has 0 radical (unpaired) electrons. The summed E-state index contributed by atoms with van der Waals surface area (Å²) >= 11 is 0. The molecule has 27 heavy (non-hydrogen) atoms. The molecular weight excluding hydrogens is 364 g/mol.